The van der Waals surface area contributed by atoms with E-state index in [9.17, 15) is 4.79 Å². The quantitative estimate of drug-likeness (QED) is 0.478. The average molecular weight is 414 g/mol. The van der Waals surface area contributed by atoms with Crippen LogP contribution in [0.2, 0.25) is 0 Å². The summed E-state index contributed by atoms with van der Waals surface area (Å²) >= 11 is 3.29. The van der Waals surface area contributed by atoms with Gasteiger partial charge in [0.15, 0.2) is 0 Å². The number of carbonyl (C=O) groups excluding carboxylic acids is 1. The standard InChI is InChI=1S/C21H23N3O2S2/c1-12-4-9-16-17(10-12)28-21-19(16)20(22-13(2)23-21)27-11-18(25)24-14-5-7-15(26-3)8-6-14/h5-8,12H,4,9-11H2,1-3H3,(H,24,25)/t12-/m1/s1. The number of amides is 1. The van der Waals surface area contributed by atoms with Crippen molar-refractivity contribution in [1.82, 2.24) is 9.97 Å². The molecule has 0 bridgehead atoms. The number of aryl methyl sites for hydroxylation is 2. The molecule has 1 amide bonds. The summed E-state index contributed by atoms with van der Waals surface area (Å²) in [6.07, 6.45) is 3.40. The van der Waals surface area contributed by atoms with Crippen LogP contribution >= 0.6 is 23.1 Å². The van der Waals surface area contributed by atoms with Crippen molar-refractivity contribution in [2.24, 2.45) is 5.92 Å². The first-order chi connectivity index (χ1) is 13.5. The number of methoxy groups -OCH3 is 1. The maximum Gasteiger partial charge on any atom is 0.234 e. The van der Waals surface area contributed by atoms with E-state index in [0.29, 0.717) is 5.75 Å². The van der Waals surface area contributed by atoms with Gasteiger partial charge in [0.2, 0.25) is 5.91 Å². The lowest BCUT2D eigenvalue weighted by Crippen LogP contribution is -2.14. The zero-order valence-electron chi connectivity index (χ0n) is 16.2. The number of nitrogens with zero attached hydrogens (tertiary/aromatic N) is 2. The minimum Gasteiger partial charge on any atom is -0.497 e. The van der Waals surface area contributed by atoms with Gasteiger partial charge in [0.25, 0.3) is 0 Å². The Labute approximate surface area is 172 Å². The van der Waals surface area contributed by atoms with E-state index in [-0.39, 0.29) is 5.91 Å². The number of ether oxygens (including phenoxy) is 1. The monoisotopic (exact) mass is 413 g/mol. The molecule has 2 aromatic heterocycles. The number of carbonyl (C=O) groups is 1. The summed E-state index contributed by atoms with van der Waals surface area (Å²) in [7, 11) is 1.62. The second-order valence-corrected chi connectivity index (χ2v) is 9.22. The predicted octanol–water partition coefficient (Wildman–Crippen LogP) is 4.86. The second kappa shape index (κ2) is 8.09. The Morgan fingerprint density at radius 2 is 2.11 bits per heavy atom. The number of hydrogen-bond acceptors (Lipinski definition) is 6. The van der Waals surface area contributed by atoms with Gasteiger partial charge in [-0.15, -0.1) is 11.3 Å². The summed E-state index contributed by atoms with van der Waals surface area (Å²) in [5.41, 5.74) is 2.16. The Hall–Kier alpha value is -2.12. The van der Waals surface area contributed by atoms with Gasteiger partial charge in [-0.1, -0.05) is 18.7 Å². The zero-order valence-corrected chi connectivity index (χ0v) is 17.9. The highest BCUT2D eigenvalue weighted by Gasteiger charge is 2.24. The number of fused-ring (bicyclic) bond motifs is 3. The van der Waals surface area contributed by atoms with E-state index in [1.54, 1.807) is 18.4 Å². The van der Waals surface area contributed by atoms with Crippen LogP contribution < -0.4 is 10.1 Å². The highest BCUT2D eigenvalue weighted by Crippen LogP contribution is 2.40. The number of anilines is 1. The third-order valence-corrected chi connectivity index (χ3v) is 7.07. The molecule has 28 heavy (non-hydrogen) atoms. The lowest BCUT2D eigenvalue weighted by Gasteiger charge is -2.18. The fraction of sp³-hybridized carbons (Fsp3) is 0.381. The molecule has 0 aliphatic heterocycles. The lowest BCUT2D eigenvalue weighted by atomic mass is 9.89. The van der Waals surface area contributed by atoms with E-state index < -0.39 is 0 Å². The molecule has 0 saturated carbocycles. The van der Waals surface area contributed by atoms with Crippen LogP contribution in [-0.2, 0) is 17.6 Å². The largest absolute Gasteiger partial charge is 0.497 e. The van der Waals surface area contributed by atoms with Crippen LogP contribution in [0.5, 0.6) is 5.75 Å². The van der Waals surface area contributed by atoms with Crippen LogP contribution in [0.1, 0.15) is 29.6 Å². The Bertz CT molecular complexity index is 1010. The predicted molar refractivity (Wildman–Crippen MR) is 116 cm³/mol. The van der Waals surface area contributed by atoms with Crippen molar-refractivity contribution in [3.8, 4) is 5.75 Å². The molecule has 0 spiro atoms. The van der Waals surface area contributed by atoms with Gasteiger partial charge in [-0.05, 0) is 61.9 Å². The molecule has 1 aliphatic rings. The molecule has 2 heterocycles. The first kappa shape index (κ1) is 19.2. The molecule has 5 nitrogen and oxygen atoms in total. The fourth-order valence-corrected chi connectivity index (χ4v) is 5.91. The number of thiophene rings is 1. The molecule has 0 fully saturated rings. The van der Waals surface area contributed by atoms with Crippen LogP contribution in [0, 0.1) is 12.8 Å². The highest BCUT2D eigenvalue weighted by molar-refractivity contribution is 8.00. The number of benzene rings is 1. The molecule has 4 rings (SSSR count). The van der Waals surface area contributed by atoms with Gasteiger partial charge in [-0.2, -0.15) is 0 Å². The second-order valence-electron chi connectivity index (χ2n) is 7.17. The molecule has 0 unspecified atom stereocenters. The Balaban J connectivity index is 1.51. The number of thioether (sulfide) groups is 1. The van der Waals surface area contributed by atoms with Crippen molar-refractivity contribution in [2.75, 3.05) is 18.2 Å². The molecule has 1 atom stereocenters. The van der Waals surface area contributed by atoms with Crippen molar-refractivity contribution in [2.45, 2.75) is 38.1 Å². The minimum atomic E-state index is -0.0442. The fourth-order valence-electron chi connectivity index (χ4n) is 3.52. The number of hydrogen-bond donors (Lipinski definition) is 1. The summed E-state index contributed by atoms with van der Waals surface area (Å²) in [5, 5.41) is 5.03. The van der Waals surface area contributed by atoms with Gasteiger partial charge in [-0.25, -0.2) is 9.97 Å². The van der Waals surface area contributed by atoms with Crippen molar-refractivity contribution >= 4 is 44.9 Å². The van der Waals surface area contributed by atoms with E-state index in [0.717, 1.165) is 45.9 Å². The molecular formula is C21H23N3O2S2. The molecule has 7 heteroatoms. The summed E-state index contributed by atoms with van der Waals surface area (Å²) in [6.45, 7) is 4.23. The summed E-state index contributed by atoms with van der Waals surface area (Å²) < 4.78 is 5.15. The van der Waals surface area contributed by atoms with Crippen molar-refractivity contribution < 1.29 is 9.53 Å². The van der Waals surface area contributed by atoms with Crippen LogP contribution in [0.4, 0.5) is 5.69 Å². The Kier molecular flexibility index (Phi) is 5.55. The van der Waals surface area contributed by atoms with Crippen LogP contribution in [0.15, 0.2) is 29.3 Å². The van der Waals surface area contributed by atoms with Gasteiger partial charge in [-0.3, -0.25) is 4.79 Å². The third kappa shape index (κ3) is 4.00. The minimum absolute atomic E-state index is 0.0442. The van der Waals surface area contributed by atoms with Crippen LogP contribution in [0.25, 0.3) is 10.2 Å². The molecule has 0 saturated heterocycles. The number of rotatable bonds is 5. The van der Waals surface area contributed by atoms with Gasteiger partial charge in [0, 0.05) is 16.0 Å². The normalized spacial score (nSPS) is 16.0. The topological polar surface area (TPSA) is 64.1 Å². The molecule has 0 radical (unpaired) electrons. The highest BCUT2D eigenvalue weighted by atomic mass is 32.2. The maximum absolute atomic E-state index is 12.4. The van der Waals surface area contributed by atoms with Crippen molar-refractivity contribution in [3.05, 3.63) is 40.5 Å². The zero-order chi connectivity index (χ0) is 19.7. The summed E-state index contributed by atoms with van der Waals surface area (Å²) in [5.74, 6) is 2.52. The van der Waals surface area contributed by atoms with Crippen molar-refractivity contribution in [3.63, 3.8) is 0 Å². The van der Waals surface area contributed by atoms with E-state index in [2.05, 4.69) is 22.2 Å². The van der Waals surface area contributed by atoms with Gasteiger partial charge in [0.05, 0.1) is 12.9 Å². The Morgan fingerprint density at radius 3 is 2.86 bits per heavy atom. The molecule has 3 aromatic rings. The Morgan fingerprint density at radius 1 is 1.32 bits per heavy atom. The first-order valence-corrected chi connectivity index (χ1v) is 11.2. The molecule has 1 N–H and O–H groups in total. The van der Waals surface area contributed by atoms with E-state index in [1.807, 2.05) is 31.2 Å². The number of aromatic nitrogens is 2. The molecular weight excluding hydrogens is 390 g/mol. The molecule has 146 valence electrons. The van der Waals surface area contributed by atoms with Gasteiger partial charge >= 0.3 is 0 Å². The van der Waals surface area contributed by atoms with Crippen LogP contribution in [-0.4, -0.2) is 28.7 Å². The van der Waals surface area contributed by atoms with Crippen LogP contribution in [0.3, 0.4) is 0 Å². The maximum atomic E-state index is 12.4. The van der Waals surface area contributed by atoms with E-state index in [4.69, 9.17) is 4.74 Å². The molecule has 1 aromatic carbocycles. The first-order valence-electron chi connectivity index (χ1n) is 9.39. The summed E-state index contributed by atoms with van der Waals surface area (Å²) in [4.78, 5) is 24.3. The van der Waals surface area contributed by atoms with Gasteiger partial charge in [0.1, 0.15) is 21.4 Å². The SMILES string of the molecule is COc1ccc(NC(=O)CSc2nc(C)nc3sc4c(c23)CC[C@@H](C)C4)cc1. The summed E-state index contributed by atoms with van der Waals surface area (Å²) in [6, 6.07) is 7.34. The van der Waals surface area contributed by atoms with Crippen molar-refractivity contribution in [1.29, 1.82) is 0 Å². The smallest absolute Gasteiger partial charge is 0.234 e. The third-order valence-electron chi connectivity index (χ3n) is 4.95. The van der Waals surface area contributed by atoms with Gasteiger partial charge < -0.3 is 10.1 Å². The van der Waals surface area contributed by atoms with E-state index >= 15 is 0 Å². The van der Waals surface area contributed by atoms with E-state index in [1.165, 1.54) is 34.0 Å². The number of nitrogens with one attached hydrogen (secondary N) is 1. The average Bonchev–Trinajstić information content (AvgIpc) is 3.03. The molecule has 1 aliphatic carbocycles. The lowest BCUT2D eigenvalue weighted by molar-refractivity contribution is -0.113.